The van der Waals surface area contributed by atoms with Gasteiger partial charge in [-0.25, -0.2) is 0 Å². The molecule has 66 valence electrons. The second kappa shape index (κ2) is 3.99. The van der Waals surface area contributed by atoms with Crippen LogP contribution in [0.2, 0.25) is 0 Å². The predicted molar refractivity (Wildman–Crippen MR) is 57.8 cm³/mol. The maximum atomic E-state index is 4.48. The summed E-state index contributed by atoms with van der Waals surface area (Å²) in [5.41, 5.74) is 1.40. The molecule has 0 fully saturated rings. The van der Waals surface area contributed by atoms with Crippen LogP contribution in [-0.4, -0.2) is 4.75 Å². The Morgan fingerprint density at radius 1 is 1.17 bits per heavy atom. The van der Waals surface area contributed by atoms with Crippen LogP contribution in [0.15, 0.2) is 30.3 Å². The normalized spacial score (nSPS) is 11.6. The van der Waals surface area contributed by atoms with Gasteiger partial charge >= 0.3 is 0 Å². The lowest BCUT2D eigenvalue weighted by Crippen LogP contribution is -2.11. The largest absolute Gasteiger partial charge is 0.173 e. The highest BCUT2D eigenvalue weighted by Crippen LogP contribution is 2.19. The summed E-state index contributed by atoms with van der Waals surface area (Å²) < 4.78 is 0.149. The third-order valence-electron chi connectivity index (χ3n) is 1.87. The molecule has 1 rings (SSSR count). The van der Waals surface area contributed by atoms with Crippen molar-refractivity contribution in [1.82, 2.24) is 0 Å². The van der Waals surface area contributed by atoms with Crippen molar-refractivity contribution in [2.45, 2.75) is 31.4 Å². The Hall–Kier alpha value is -0.430. The van der Waals surface area contributed by atoms with E-state index in [1.165, 1.54) is 5.56 Å². The standard InChI is InChI=1S/C11H16S/c1-11(2,12)9-8-10-6-4-3-5-7-10/h3-7,12H,8-9H2,1-2H3. The molecule has 0 aliphatic carbocycles. The molecule has 0 radical (unpaired) electrons. The topological polar surface area (TPSA) is 0 Å². The molecule has 0 nitrogen and oxygen atoms in total. The Bertz CT molecular complexity index is 221. The van der Waals surface area contributed by atoms with Gasteiger partial charge in [-0.05, 0) is 18.4 Å². The zero-order valence-electron chi connectivity index (χ0n) is 7.75. The van der Waals surface area contributed by atoms with Gasteiger partial charge in [-0.15, -0.1) is 0 Å². The van der Waals surface area contributed by atoms with Crippen LogP contribution >= 0.6 is 12.6 Å². The van der Waals surface area contributed by atoms with E-state index < -0.39 is 0 Å². The first-order valence-corrected chi connectivity index (χ1v) is 4.79. The SMILES string of the molecule is CC(C)(S)CCc1ccccc1. The van der Waals surface area contributed by atoms with Gasteiger partial charge in [0.2, 0.25) is 0 Å². The average molecular weight is 180 g/mol. The molecule has 0 atom stereocenters. The number of hydrogen-bond acceptors (Lipinski definition) is 1. The van der Waals surface area contributed by atoms with Gasteiger partial charge in [0.25, 0.3) is 0 Å². The molecule has 0 bridgehead atoms. The number of thiol groups is 1. The molecule has 0 saturated carbocycles. The summed E-state index contributed by atoms with van der Waals surface area (Å²) in [6.07, 6.45) is 2.25. The summed E-state index contributed by atoms with van der Waals surface area (Å²) in [4.78, 5) is 0. The van der Waals surface area contributed by atoms with E-state index in [1.807, 2.05) is 0 Å². The summed E-state index contributed by atoms with van der Waals surface area (Å²) in [6, 6.07) is 10.6. The minimum absolute atomic E-state index is 0.149. The number of rotatable bonds is 3. The molecular formula is C11H16S. The van der Waals surface area contributed by atoms with Crippen molar-refractivity contribution >= 4 is 12.6 Å². The Morgan fingerprint density at radius 3 is 2.25 bits per heavy atom. The molecule has 1 aromatic carbocycles. The summed E-state index contributed by atoms with van der Waals surface area (Å²) in [7, 11) is 0. The third-order valence-corrected chi connectivity index (χ3v) is 2.09. The Labute approximate surface area is 80.4 Å². The van der Waals surface area contributed by atoms with Crippen molar-refractivity contribution in [2.24, 2.45) is 0 Å². The van der Waals surface area contributed by atoms with Gasteiger partial charge in [0.05, 0.1) is 0 Å². The number of benzene rings is 1. The minimum Gasteiger partial charge on any atom is -0.173 e. The second-order valence-electron chi connectivity index (χ2n) is 3.80. The van der Waals surface area contributed by atoms with Crippen LogP contribution < -0.4 is 0 Å². The van der Waals surface area contributed by atoms with Crippen LogP contribution in [0.3, 0.4) is 0 Å². The van der Waals surface area contributed by atoms with E-state index in [1.54, 1.807) is 0 Å². The third kappa shape index (κ3) is 3.82. The van der Waals surface area contributed by atoms with Gasteiger partial charge in [-0.2, -0.15) is 12.6 Å². The van der Waals surface area contributed by atoms with Gasteiger partial charge in [-0.3, -0.25) is 0 Å². The minimum atomic E-state index is 0.149. The molecule has 0 aliphatic heterocycles. The molecular weight excluding hydrogens is 164 g/mol. The van der Waals surface area contributed by atoms with E-state index >= 15 is 0 Å². The molecule has 0 spiro atoms. The molecule has 0 amide bonds. The fourth-order valence-corrected chi connectivity index (χ4v) is 1.21. The smallest absolute Gasteiger partial charge is 0.00763 e. The van der Waals surface area contributed by atoms with E-state index in [4.69, 9.17) is 0 Å². The molecule has 0 unspecified atom stereocenters. The van der Waals surface area contributed by atoms with Gasteiger partial charge in [0.15, 0.2) is 0 Å². The van der Waals surface area contributed by atoms with E-state index in [-0.39, 0.29) is 4.75 Å². The van der Waals surface area contributed by atoms with Crippen LogP contribution in [0.5, 0.6) is 0 Å². The fourth-order valence-electron chi connectivity index (χ4n) is 1.09. The number of aryl methyl sites for hydroxylation is 1. The van der Waals surface area contributed by atoms with E-state index in [2.05, 4.69) is 56.8 Å². The zero-order valence-corrected chi connectivity index (χ0v) is 8.64. The average Bonchev–Trinajstić information content (AvgIpc) is 2.02. The molecule has 0 aliphatic rings. The lowest BCUT2D eigenvalue weighted by atomic mass is 10.0. The van der Waals surface area contributed by atoms with E-state index in [0.717, 1.165) is 12.8 Å². The Morgan fingerprint density at radius 2 is 1.75 bits per heavy atom. The van der Waals surface area contributed by atoms with Crippen LogP contribution in [0, 0.1) is 0 Å². The molecule has 12 heavy (non-hydrogen) atoms. The summed E-state index contributed by atoms with van der Waals surface area (Å²) in [5.74, 6) is 0. The maximum absolute atomic E-state index is 4.48. The van der Waals surface area contributed by atoms with E-state index in [9.17, 15) is 0 Å². The lowest BCUT2D eigenvalue weighted by molar-refractivity contribution is 0.644. The van der Waals surface area contributed by atoms with Crippen molar-refractivity contribution in [3.63, 3.8) is 0 Å². The Kier molecular flexibility index (Phi) is 3.21. The molecule has 0 heterocycles. The maximum Gasteiger partial charge on any atom is 0.00763 e. The lowest BCUT2D eigenvalue weighted by Gasteiger charge is -2.16. The summed E-state index contributed by atoms with van der Waals surface area (Å²) in [6.45, 7) is 4.30. The van der Waals surface area contributed by atoms with Crippen molar-refractivity contribution in [2.75, 3.05) is 0 Å². The first kappa shape index (κ1) is 9.66. The molecule has 1 aromatic rings. The van der Waals surface area contributed by atoms with Gasteiger partial charge in [0.1, 0.15) is 0 Å². The van der Waals surface area contributed by atoms with Crippen molar-refractivity contribution in [1.29, 1.82) is 0 Å². The molecule has 0 N–H and O–H groups in total. The second-order valence-corrected chi connectivity index (χ2v) is 5.01. The van der Waals surface area contributed by atoms with Crippen molar-refractivity contribution in [3.8, 4) is 0 Å². The Balaban J connectivity index is 2.44. The van der Waals surface area contributed by atoms with Gasteiger partial charge < -0.3 is 0 Å². The molecule has 1 heteroatoms. The highest BCUT2D eigenvalue weighted by molar-refractivity contribution is 7.81. The molecule has 0 saturated heterocycles. The monoisotopic (exact) mass is 180 g/mol. The number of hydrogen-bond donors (Lipinski definition) is 1. The predicted octanol–water partition coefficient (Wildman–Crippen LogP) is 3.33. The van der Waals surface area contributed by atoms with Crippen molar-refractivity contribution < 1.29 is 0 Å². The summed E-state index contributed by atoms with van der Waals surface area (Å²) >= 11 is 4.48. The van der Waals surface area contributed by atoms with Crippen LogP contribution in [0.25, 0.3) is 0 Å². The first-order chi connectivity index (χ1) is 5.58. The zero-order chi connectivity index (χ0) is 9.03. The first-order valence-electron chi connectivity index (χ1n) is 4.34. The van der Waals surface area contributed by atoms with E-state index in [0.29, 0.717) is 0 Å². The molecule has 0 aromatic heterocycles. The fraction of sp³-hybridized carbons (Fsp3) is 0.455. The highest BCUT2D eigenvalue weighted by atomic mass is 32.1. The highest BCUT2D eigenvalue weighted by Gasteiger charge is 2.10. The van der Waals surface area contributed by atoms with Crippen LogP contribution in [-0.2, 0) is 6.42 Å². The van der Waals surface area contributed by atoms with Crippen molar-refractivity contribution in [3.05, 3.63) is 35.9 Å². The summed E-state index contributed by atoms with van der Waals surface area (Å²) in [5, 5.41) is 0. The van der Waals surface area contributed by atoms with Gasteiger partial charge in [-0.1, -0.05) is 44.2 Å². The van der Waals surface area contributed by atoms with Crippen LogP contribution in [0.1, 0.15) is 25.8 Å². The van der Waals surface area contributed by atoms with Gasteiger partial charge in [0, 0.05) is 4.75 Å². The van der Waals surface area contributed by atoms with Crippen LogP contribution in [0.4, 0.5) is 0 Å². The quantitative estimate of drug-likeness (QED) is 0.678.